The summed E-state index contributed by atoms with van der Waals surface area (Å²) in [5, 5.41) is 8.64. The fraction of sp³-hybridized carbons (Fsp3) is 0.700. The zero-order chi connectivity index (χ0) is 10.1. The maximum absolute atomic E-state index is 8.64. The van der Waals surface area contributed by atoms with E-state index >= 15 is 0 Å². The summed E-state index contributed by atoms with van der Waals surface area (Å²) in [5.74, 6) is 0.898. The Labute approximate surface area is 86.6 Å². The second-order valence-electron chi connectivity index (χ2n) is 3.04. The van der Waals surface area contributed by atoms with Gasteiger partial charge in [0, 0.05) is 18.8 Å². The molecule has 0 saturated heterocycles. The van der Waals surface area contributed by atoms with Gasteiger partial charge in [-0.15, -0.1) is 0 Å². The summed E-state index contributed by atoms with van der Waals surface area (Å²) in [6.45, 7) is 6.82. The lowest BCUT2D eigenvalue weighted by Crippen LogP contribution is -2.28. The predicted molar refractivity (Wildman–Crippen MR) is 59.9 cm³/mol. The third-order valence-electron chi connectivity index (χ3n) is 1.84. The van der Waals surface area contributed by atoms with Crippen LogP contribution in [0.2, 0.25) is 0 Å². The monoisotopic (exact) mass is 198 g/mol. The van der Waals surface area contributed by atoms with Crippen molar-refractivity contribution >= 4 is 12.6 Å². The molecule has 0 spiro atoms. The van der Waals surface area contributed by atoms with E-state index in [-0.39, 0.29) is 5.92 Å². The first-order valence-corrected chi connectivity index (χ1v) is 5.25. The van der Waals surface area contributed by atoms with Gasteiger partial charge in [-0.25, -0.2) is 0 Å². The average Bonchev–Trinajstić information content (AvgIpc) is 2.16. The first-order valence-electron chi connectivity index (χ1n) is 4.62. The van der Waals surface area contributed by atoms with Crippen molar-refractivity contribution in [1.29, 1.82) is 5.26 Å². The molecule has 0 N–H and O–H groups in total. The first-order chi connectivity index (χ1) is 6.24. The number of hydrogen-bond donors (Lipinski definition) is 1. The Kier molecular flexibility index (Phi) is 7.86. The lowest BCUT2D eigenvalue weighted by Gasteiger charge is -2.19. The fourth-order valence-electron chi connectivity index (χ4n) is 1.06. The van der Waals surface area contributed by atoms with Gasteiger partial charge in [-0.05, 0) is 13.5 Å². The Morgan fingerprint density at radius 1 is 1.54 bits per heavy atom. The van der Waals surface area contributed by atoms with Gasteiger partial charge in [0.2, 0.25) is 0 Å². The summed E-state index contributed by atoms with van der Waals surface area (Å²) in [5.41, 5.74) is 0. The molecule has 74 valence electrons. The Hall–Kier alpha value is -0.460. The smallest absolute Gasteiger partial charge is 0.0666 e. The van der Waals surface area contributed by atoms with E-state index < -0.39 is 0 Å². The van der Waals surface area contributed by atoms with Gasteiger partial charge in [0.1, 0.15) is 0 Å². The van der Waals surface area contributed by atoms with Gasteiger partial charge in [0.15, 0.2) is 0 Å². The van der Waals surface area contributed by atoms with Crippen molar-refractivity contribution in [3.05, 3.63) is 12.2 Å². The van der Waals surface area contributed by atoms with Crippen LogP contribution in [0.15, 0.2) is 12.2 Å². The minimum atomic E-state index is 0.115. The highest BCUT2D eigenvalue weighted by molar-refractivity contribution is 7.80. The largest absolute Gasteiger partial charge is 0.299 e. The molecular formula is C10H18N2S. The van der Waals surface area contributed by atoms with Crippen molar-refractivity contribution < 1.29 is 0 Å². The fourth-order valence-corrected chi connectivity index (χ4v) is 1.21. The van der Waals surface area contributed by atoms with Crippen LogP contribution in [0, 0.1) is 17.2 Å². The molecule has 0 saturated carbocycles. The second kappa shape index (κ2) is 8.15. The van der Waals surface area contributed by atoms with Crippen molar-refractivity contribution in [1.82, 2.24) is 4.90 Å². The molecule has 3 heteroatoms. The van der Waals surface area contributed by atoms with Gasteiger partial charge < -0.3 is 0 Å². The number of thiol groups is 1. The van der Waals surface area contributed by atoms with Crippen LogP contribution in [0.25, 0.3) is 0 Å². The van der Waals surface area contributed by atoms with E-state index in [1.54, 1.807) is 0 Å². The molecule has 0 aliphatic rings. The van der Waals surface area contributed by atoms with Crippen molar-refractivity contribution in [2.45, 2.75) is 13.8 Å². The SMILES string of the molecule is CCN(CC=CCS)CC(C)C#N. The molecule has 0 aromatic carbocycles. The molecule has 0 bridgehead atoms. The molecule has 0 radical (unpaired) electrons. The zero-order valence-corrected chi connectivity index (χ0v) is 9.30. The number of likely N-dealkylation sites (N-methyl/N-ethyl adjacent to an activating group) is 1. The predicted octanol–water partition coefficient (Wildman–Crippen LogP) is 1.95. The van der Waals surface area contributed by atoms with Crippen molar-refractivity contribution in [3.8, 4) is 6.07 Å². The van der Waals surface area contributed by atoms with Crippen molar-refractivity contribution in [2.24, 2.45) is 5.92 Å². The first kappa shape index (κ1) is 12.5. The van der Waals surface area contributed by atoms with Gasteiger partial charge >= 0.3 is 0 Å². The highest BCUT2D eigenvalue weighted by atomic mass is 32.1. The molecule has 0 heterocycles. The minimum absolute atomic E-state index is 0.115. The number of nitriles is 1. The molecule has 0 aliphatic heterocycles. The van der Waals surface area contributed by atoms with Crippen LogP contribution in [0.4, 0.5) is 0 Å². The Balaban J connectivity index is 3.77. The zero-order valence-electron chi connectivity index (χ0n) is 8.40. The van der Waals surface area contributed by atoms with E-state index in [0.29, 0.717) is 0 Å². The molecule has 1 unspecified atom stereocenters. The highest BCUT2D eigenvalue weighted by Crippen LogP contribution is 1.98. The van der Waals surface area contributed by atoms with Gasteiger partial charge in [0.25, 0.3) is 0 Å². The van der Waals surface area contributed by atoms with Crippen LogP contribution < -0.4 is 0 Å². The van der Waals surface area contributed by atoms with Gasteiger partial charge in [-0.2, -0.15) is 17.9 Å². The summed E-state index contributed by atoms with van der Waals surface area (Å²) >= 11 is 4.08. The summed E-state index contributed by atoms with van der Waals surface area (Å²) in [7, 11) is 0. The van der Waals surface area contributed by atoms with Crippen LogP contribution in [0.5, 0.6) is 0 Å². The quantitative estimate of drug-likeness (QED) is 0.522. The number of nitrogens with zero attached hydrogens (tertiary/aromatic N) is 2. The van der Waals surface area contributed by atoms with E-state index in [9.17, 15) is 0 Å². The summed E-state index contributed by atoms with van der Waals surface area (Å²) in [6, 6.07) is 2.24. The Morgan fingerprint density at radius 3 is 2.69 bits per heavy atom. The van der Waals surface area contributed by atoms with Gasteiger partial charge in [0.05, 0.1) is 12.0 Å². The summed E-state index contributed by atoms with van der Waals surface area (Å²) in [4.78, 5) is 2.24. The maximum Gasteiger partial charge on any atom is 0.0666 e. The molecule has 13 heavy (non-hydrogen) atoms. The van der Waals surface area contributed by atoms with E-state index in [2.05, 4.69) is 36.6 Å². The summed E-state index contributed by atoms with van der Waals surface area (Å²) in [6.07, 6.45) is 4.13. The number of rotatable bonds is 6. The standard InChI is InChI=1S/C10H18N2S/c1-3-12(6-4-5-7-13)9-10(2)8-11/h4-5,10,13H,3,6-7,9H2,1-2H3. The van der Waals surface area contributed by atoms with Crippen LogP contribution >= 0.6 is 12.6 Å². The average molecular weight is 198 g/mol. The molecule has 0 fully saturated rings. The van der Waals surface area contributed by atoms with E-state index in [4.69, 9.17) is 5.26 Å². The third kappa shape index (κ3) is 6.68. The Bertz CT molecular complexity index is 184. The molecule has 0 aromatic heterocycles. The number of hydrogen-bond acceptors (Lipinski definition) is 3. The minimum Gasteiger partial charge on any atom is -0.299 e. The molecule has 0 amide bonds. The van der Waals surface area contributed by atoms with Crippen LogP contribution in [-0.4, -0.2) is 30.3 Å². The molecule has 0 aliphatic carbocycles. The molecule has 1 atom stereocenters. The van der Waals surface area contributed by atoms with Crippen LogP contribution in [0.1, 0.15) is 13.8 Å². The maximum atomic E-state index is 8.64. The van der Waals surface area contributed by atoms with Crippen LogP contribution in [-0.2, 0) is 0 Å². The summed E-state index contributed by atoms with van der Waals surface area (Å²) < 4.78 is 0. The van der Waals surface area contributed by atoms with Gasteiger partial charge in [-0.1, -0.05) is 19.1 Å². The topological polar surface area (TPSA) is 27.0 Å². The van der Waals surface area contributed by atoms with Gasteiger partial charge in [-0.3, -0.25) is 4.90 Å². The molecule has 0 aromatic rings. The van der Waals surface area contributed by atoms with E-state index in [1.807, 2.05) is 13.0 Å². The molecule has 2 nitrogen and oxygen atoms in total. The Morgan fingerprint density at radius 2 is 2.23 bits per heavy atom. The van der Waals surface area contributed by atoms with E-state index in [1.165, 1.54) is 0 Å². The van der Waals surface area contributed by atoms with Crippen molar-refractivity contribution in [3.63, 3.8) is 0 Å². The van der Waals surface area contributed by atoms with E-state index in [0.717, 1.165) is 25.4 Å². The molecular weight excluding hydrogens is 180 g/mol. The third-order valence-corrected chi connectivity index (χ3v) is 2.05. The lowest BCUT2D eigenvalue weighted by atomic mass is 10.2. The van der Waals surface area contributed by atoms with Crippen LogP contribution in [0.3, 0.4) is 0 Å². The molecule has 0 rings (SSSR count). The second-order valence-corrected chi connectivity index (χ2v) is 3.40. The highest BCUT2D eigenvalue weighted by Gasteiger charge is 2.05. The lowest BCUT2D eigenvalue weighted by molar-refractivity contribution is 0.296. The normalized spacial score (nSPS) is 13.5. The van der Waals surface area contributed by atoms with Crippen molar-refractivity contribution in [2.75, 3.05) is 25.4 Å².